The van der Waals surface area contributed by atoms with E-state index < -0.39 is 20.9 Å². The number of para-hydroxylation sites is 1. The molecule has 4 rings (SSSR count). The van der Waals surface area contributed by atoms with Gasteiger partial charge in [0.2, 0.25) is 15.0 Å². The Morgan fingerprint density at radius 2 is 1.84 bits per heavy atom. The smallest absolute Gasteiger partial charge is 0.276 e. The normalized spacial score (nSPS) is 11.2. The summed E-state index contributed by atoms with van der Waals surface area (Å²) in [5.41, 5.74) is 3.78. The van der Waals surface area contributed by atoms with E-state index in [9.17, 15) is 13.2 Å². The second-order valence-electron chi connectivity index (χ2n) is 8.66. The highest BCUT2D eigenvalue weighted by Gasteiger charge is 2.25. The van der Waals surface area contributed by atoms with Crippen LogP contribution in [0.25, 0.3) is 0 Å². The second-order valence-corrected chi connectivity index (χ2v) is 10.6. The van der Waals surface area contributed by atoms with Crippen molar-refractivity contribution in [3.05, 3.63) is 95.2 Å². The first-order valence-electron chi connectivity index (χ1n) is 11.5. The molecule has 1 N–H and O–H groups in total. The topological polar surface area (TPSA) is 115 Å². The first-order chi connectivity index (χ1) is 17.7. The molecule has 9 nitrogen and oxygen atoms in total. The molecular formula is C27H28N4O5S. The third-order valence-electron chi connectivity index (χ3n) is 5.88. The van der Waals surface area contributed by atoms with Crippen LogP contribution in [0, 0.1) is 13.8 Å². The average molecular weight is 521 g/mol. The lowest BCUT2D eigenvalue weighted by Gasteiger charge is -2.26. The lowest BCUT2D eigenvalue weighted by atomic mass is 10.1. The second kappa shape index (κ2) is 10.8. The molecule has 2 heterocycles. The molecule has 4 aromatic rings. The molecule has 0 radical (unpaired) electrons. The predicted molar refractivity (Wildman–Crippen MR) is 141 cm³/mol. The lowest BCUT2D eigenvalue weighted by Crippen LogP contribution is -2.27. The number of carbonyl (C=O) groups is 1. The van der Waals surface area contributed by atoms with Crippen molar-refractivity contribution >= 4 is 27.1 Å². The van der Waals surface area contributed by atoms with Crippen LogP contribution < -0.4 is 15.0 Å². The van der Waals surface area contributed by atoms with Gasteiger partial charge in [-0.15, -0.1) is 0 Å². The molecule has 2 aromatic carbocycles. The molecule has 37 heavy (non-hydrogen) atoms. The van der Waals surface area contributed by atoms with E-state index in [-0.39, 0.29) is 12.2 Å². The number of hydrogen-bond donors (Lipinski definition) is 1. The summed E-state index contributed by atoms with van der Waals surface area (Å²) in [7, 11) is -2.18. The number of sulfone groups is 1. The summed E-state index contributed by atoms with van der Waals surface area (Å²) in [6.45, 7) is 4.51. The predicted octanol–water partition coefficient (Wildman–Crippen LogP) is 4.56. The van der Waals surface area contributed by atoms with Gasteiger partial charge in [0.05, 0.1) is 31.8 Å². The minimum atomic E-state index is -3.77. The van der Waals surface area contributed by atoms with Crippen LogP contribution in [0.15, 0.2) is 76.6 Å². The van der Waals surface area contributed by atoms with Gasteiger partial charge in [0.1, 0.15) is 11.5 Å². The Hall–Kier alpha value is -4.18. The number of furan rings is 1. The third-order valence-corrected chi connectivity index (χ3v) is 6.74. The summed E-state index contributed by atoms with van der Waals surface area (Å²) in [6, 6.07) is 16.6. The Kier molecular flexibility index (Phi) is 7.58. The quantitative estimate of drug-likeness (QED) is 0.320. The summed E-state index contributed by atoms with van der Waals surface area (Å²) in [6.07, 6.45) is 3.92. The van der Waals surface area contributed by atoms with E-state index >= 15 is 0 Å². The number of nitrogens with zero attached hydrogens (tertiary/aromatic N) is 3. The Labute approximate surface area is 216 Å². The van der Waals surface area contributed by atoms with Crippen LogP contribution in [0.4, 0.5) is 11.4 Å². The van der Waals surface area contributed by atoms with E-state index in [0.29, 0.717) is 29.4 Å². The highest BCUT2D eigenvalue weighted by molar-refractivity contribution is 7.90. The Morgan fingerprint density at radius 3 is 2.51 bits per heavy atom. The number of aryl methyl sites for hydroxylation is 2. The molecule has 192 valence electrons. The monoisotopic (exact) mass is 520 g/mol. The largest absolute Gasteiger partial charge is 0.496 e. The molecule has 0 atom stereocenters. The molecule has 0 fully saturated rings. The van der Waals surface area contributed by atoms with Crippen LogP contribution in [0.1, 0.15) is 32.9 Å². The molecule has 10 heteroatoms. The van der Waals surface area contributed by atoms with Crippen molar-refractivity contribution in [2.75, 3.05) is 23.6 Å². The first kappa shape index (κ1) is 25.9. The SMILES string of the molecule is COc1ccccc1CN(Cc1ccco1)c1cnc(S(C)(=O)=O)nc1C(=O)Nc1ccc(C)c(C)c1. The highest BCUT2D eigenvalue weighted by Crippen LogP contribution is 2.28. The number of rotatable bonds is 9. The van der Waals surface area contributed by atoms with Crippen LogP contribution in [-0.4, -0.2) is 37.7 Å². The number of carbonyl (C=O) groups excluding carboxylic acids is 1. The molecule has 0 aliphatic carbocycles. The molecule has 0 saturated carbocycles. The number of ether oxygens (including phenoxy) is 1. The molecule has 1 amide bonds. The van der Waals surface area contributed by atoms with Crippen LogP contribution in [0.2, 0.25) is 0 Å². The number of amides is 1. The number of aromatic nitrogens is 2. The highest BCUT2D eigenvalue weighted by atomic mass is 32.2. The lowest BCUT2D eigenvalue weighted by molar-refractivity contribution is 0.102. The molecule has 0 bridgehead atoms. The van der Waals surface area contributed by atoms with Gasteiger partial charge in [0, 0.05) is 24.1 Å². The summed E-state index contributed by atoms with van der Waals surface area (Å²) in [5, 5.41) is 2.41. The summed E-state index contributed by atoms with van der Waals surface area (Å²) < 4.78 is 35.6. The molecule has 0 aliphatic heterocycles. The van der Waals surface area contributed by atoms with Gasteiger partial charge in [-0.1, -0.05) is 24.3 Å². The zero-order valence-electron chi connectivity index (χ0n) is 21.1. The van der Waals surface area contributed by atoms with Crippen molar-refractivity contribution in [2.45, 2.75) is 32.1 Å². The van der Waals surface area contributed by atoms with E-state index in [1.165, 1.54) is 6.20 Å². The van der Waals surface area contributed by atoms with Crippen LogP contribution >= 0.6 is 0 Å². The maximum absolute atomic E-state index is 13.5. The average Bonchev–Trinajstić information content (AvgIpc) is 3.38. The van der Waals surface area contributed by atoms with Gasteiger partial charge in [-0.05, 0) is 55.3 Å². The van der Waals surface area contributed by atoms with E-state index in [4.69, 9.17) is 9.15 Å². The molecule has 0 saturated heterocycles. The van der Waals surface area contributed by atoms with E-state index in [1.54, 1.807) is 25.5 Å². The maximum Gasteiger partial charge on any atom is 0.276 e. The number of methoxy groups -OCH3 is 1. The van der Waals surface area contributed by atoms with Gasteiger partial charge < -0.3 is 19.4 Å². The minimum Gasteiger partial charge on any atom is -0.496 e. The third kappa shape index (κ3) is 6.15. The Bertz CT molecular complexity index is 1520. The van der Waals surface area contributed by atoms with Crippen molar-refractivity contribution in [2.24, 2.45) is 0 Å². The molecular weight excluding hydrogens is 492 g/mol. The van der Waals surface area contributed by atoms with Crippen molar-refractivity contribution < 1.29 is 22.4 Å². The van der Waals surface area contributed by atoms with Crippen molar-refractivity contribution in [3.8, 4) is 5.75 Å². The summed E-state index contributed by atoms with van der Waals surface area (Å²) in [5.74, 6) is 0.749. The number of benzene rings is 2. The number of anilines is 2. The standard InChI is InChI=1S/C27H28N4O5S/c1-18-11-12-21(14-19(18)2)29-26(32)25-23(15-28-27(30-25)37(4,33)34)31(17-22-9-7-13-36-22)16-20-8-5-6-10-24(20)35-3/h5-15H,16-17H2,1-4H3,(H,29,32). The summed E-state index contributed by atoms with van der Waals surface area (Å²) in [4.78, 5) is 23.6. The Morgan fingerprint density at radius 1 is 1.05 bits per heavy atom. The van der Waals surface area contributed by atoms with Gasteiger partial charge >= 0.3 is 0 Å². The maximum atomic E-state index is 13.5. The molecule has 0 aliphatic rings. The summed E-state index contributed by atoms with van der Waals surface area (Å²) >= 11 is 0. The van der Waals surface area contributed by atoms with Gasteiger partial charge in [-0.2, -0.15) is 0 Å². The van der Waals surface area contributed by atoms with Crippen LogP contribution in [-0.2, 0) is 22.9 Å². The fraction of sp³-hybridized carbons (Fsp3) is 0.222. The first-order valence-corrected chi connectivity index (χ1v) is 13.4. The van der Waals surface area contributed by atoms with Crippen LogP contribution in [0.5, 0.6) is 5.75 Å². The van der Waals surface area contributed by atoms with E-state index in [2.05, 4.69) is 15.3 Å². The number of hydrogen-bond acceptors (Lipinski definition) is 8. The van der Waals surface area contributed by atoms with Crippen molar-refractivity contribution in [3.63, 3.8) is 0 Å². The zero-order chi connectivity index (χ0) is 26.6. The Balaban J connectivity index is 1.80. The zero-order valence-corrected chi connectivity index (χ0v) is 21.9. The molecule has 0 unspecified atom stereocenters. The fourth-order valence-corrected chi connectivity index (χ4v) is 4.30. The van der Waals surface area contributed by atoms with Gasteiger partial charge in [0.15, 0.2) is 5.69 Å². The number of nitrogens with one attached hydrogen (secondary N) is 1. The molecule has 0 spiro atoms. The van der Waals surface area contributed by atoms with Crippen molar-refractivity contribution in [1.29, 1.82) is 0 Å². The minimum absolute atomic E-state index is 0.0740. The van der Waals surface area contributed by atoms with Gasteiger partial charge in [0.25, 0.3) is 5.91 Å². The van der Waals surface area contributed by atoms with E-state index in [1.807, 2.05) is 61.2 Å². The molecule has 2 aromatic heterocycles. The van der Waals surface area contributed by atoms with Gasteiger partial charge in [-0.3, -0.25) is 4.79 Å². The van der Waals surface area contributed by atoms with Crippen LogP contribution in [0.3, 0.4) is 0 Å². The fourth-order valence-electron chi connectivity index (χ4n) is 3.80. The van der Waals surface area contributed by atoms with Gasteiger partial charge in [-0.25, -0.2) is 18.4 Å². The van der Waals surface area contributed by atoms with Crippen molar-refractivity contribution in [1.82, 2.24) is 9.97 Å². The van der Waals surface area contributed by atoms with E-state index in [0.717, 1.165) is 22.9 Å².